The van der Waals surface area contributed by atoms with E-state index in [0.717, 1.165) is 11.1 Å². The highest BCUT2D eigenvalue weighted by Crippen LogP contribution is 2.40. The molecule has 1 amide bonds. The minimum Gasteiger partial charge on any atom is -0.376 e. The van der Waals surface area contributed by atoms with E-state index < -0.39 is 5.60 Å². The van der Waals surface area contributed by atoms with Gasteiger partial charge in [-0.15, -0.1) is 0 Å². The summed E-state index contributed by atoms with van der Waals surface area (Å²) in [5, 5.41) is 15.5. The van der Waals surface area contributed by atoms with Gasteiger partial charge in [-0.1, -0.05) is 66.2 Å². The molecule has 0 aromatic heterocycles. The molecule has 0 fully saturated rings. The third-order valence-electron chi connectivity index (χ3n) is 4.94. The Morgan fingerprint density at radius 3 is 2.17 bits per heavy atom. The van der Waals surface area contributed by atoms with Crippen LogP contribution in [0.4, 0.5) is 0 Å². The molecule has 1 unspecified atom stereocenters. The normalized spacial score (nSPS) is 13.2. The van der Waals surface area contributed by atoms with Crippen LogP contribution in [0.25, 0.3) is 0 Å². The van der Waals surface area contributed by atoms with Crippen LogP contribution in [0.15, 0.2) is 72.8 Å². The van der Waals surface area contributed by atoms with Crippen molar-refractivity contribution in [2.45, 2.75) is 12.1 Å². The van der Waals surface area contributed by atoms with Crippen LogP contribution in [0.2, 0.25) is 5.02 Å². The molecule has 2 N–H and O–H groups in total. The molecule has 0 saturated carbocycles. The maximum atomic E-state index is 12.6. The van der Waals surface area contributed by atoms with Crippen LogP contribution in [-0.4, -0.2) is 37.1 Å². The average molecular weight is 409 g/mol. The summed E-state index contributed by atoms with van der Waals surface area (Å²) in [7, 11) is 5.55. The van der Waals surface area contributed by atoms with Crippen LogP contribution in [0.5, 0.6) is 0 Å². The van der Waals surface area contributed by atoms with E-state index >= 15 is 0 Å². The van der Waals surface area contributed by atoms with Crippen LogP contribution in [0.1, 0.15) is 32.6 Å². The van der Waals surface area contributed by atoms with Gasteiger partial charge in [-0.3, -0.25) is 4.79 Å². The number of halogens is 1. The third-order valence-corrected chi connectivity index (χ3v) is 5.20. The minimum atomic E-state index is -1.53. The van der Waals surface area contributed by atoms with Crippen LogP contribution >= 0.6 is 11.6 Å². The smallest absolute Gasteiger partial charge is 0.251 e. The Morgan fingerprint density at radius 2 is 1.55 bits per heavy atom. The number of benzene rings is 3. The molecule has 0 aliphatic rings. The number of carbonyl (C=O) groups excluding carboxylic acids is 1. The first-order valence-corrected chi connectivity index (χ1v) is 9.78. The number of nitrogens with zero attached hydrogens (tertiary/aromatic N) is 1. The van der Waals surface area contributed by atoms with Crippen molar-refractivity contribution in [3.63, 3.8) is 0 Å². The number of rotatable bonds is 6. The summed E-state index contributed by atoms with van der Waals surface area (Å²) in [5.41, 5.74) is 1.76. The van der Waals surface area contributed by atoms with Crippen molar-refractivity contribution in [2.24, 2.45) is 0 Å². The molecule has 1 atom stereocenters. The second-order valence-electron chi connectivity index (χ2n) is 7.24. The lowest BCUT2D eigenvalue weighted by molar-refractivity contribution is 0.0938. The van der Waals surface area contributed by atoms with Gasteiger partial charge in [0.25, 0.3) is 5.91 Å². The number of carbonyl (C=O) groups is 1. The topological polar surface area (TPSA) is 52.6 Å². The van der Waals surface area contributed by atoms with E-state index in [9.17, 15) is 9.90 Å². The SMILES string of the molecule is CNC(=O)c1ccccc1C(O)(c1ccc(Cl)cc1)c1ccccc1CN(C)C. The lowest BCUT2D eigenvalue weighted by Crippen LogP contribution is -2.34. The standard InChI is InChI=1S/C24H25ClN2O2/c1-26-23(28)20-9-5-7-11-22(20)24(29,18-12-14-19(25)15-13-18)21-10-6-4-8-17(21)16-27(2)3/h4-15,29H,16H2,1-3H3,(H,26,28). The summed E-state index contributed by atoms with van der Waals surface area (Å²) in [6, 6.07) is 22.0. The molecule has 0 spiro atoms. The molecular weight excluding hydrogens is 384 g/mol. The Kier molecular flexibility index (Phi) is 6.38. The Bertz CT molecular complexity index is 1000. The molecular formula is C24H25ClN2O2. The largest absolute Gasteiger partial charge is 0.376 e. The van der Waals surface area contributed by atoms with Crippen LogP contribution < -0.4 is 5.32 Å². The van der Waals surface area contributed by atoms with Crippen molar-refractivity contribution in [1.29, 1.82) is 0 Å². The van der Waals surface area contributed by atoms with E-state index in [1.54, 1.807) is 49.5 Å². The summed E-state index contributed by atoms with van der Waals surface area (Å²) in [6.45, 7) is 0.647. The van der Waals surface area contributed by atoms with Gasteiger partial charge in [-0.05, 0) is 49.0 Å². The highest BCUT2D eigenvalue weighted by Gasteiger charge is 2.38. The zero-order valence-electron chi connectivity index (χ0n) is 16.8. The van der Waals surface area contributed by atoms with Gasteiger partial charge in [0.05, 0.1) is 0 Å². The van der Waals surface area contributed by atoms with Crippen molar-refractivity contribution < 1.29 is 9.90 Å². The molecule has 0 saturated heterocycles. The Balaban J connectivity index is 2.34. The minimum absolute atomic E-state index is 0.252. The zero-order chi connectivity index (χ0) is 21.0. The number of hydrogen-bond acceptors (Lipinski definition) is 3. The van der Waals surface area contributed by atoms with Crippen molar-refractivity contribution >= 4 is 17.5 Å². The molecule has 0 heterocycles. The lowest BCUT2D eigenvalue weighted by atomic mass is 9.76. The highest BCUT2D eigenvalue weighted by molar-refractivity contribution is 6.30. The Hall–Kier alpha value is -2.66. The van der Waals surface area contributed by atoms with Gasteiger partial charge < -0.3 is 15.3 Å². The summed E-state index contributed by atoms with van der Waals surface area (Å²) >= 11 is 6.11. The second-order valence-corrected chi connectivity index (χ2v) is 7.67. The van der Waals surface area contributed by atoms with Crippen molar-refractivity contribution in [2.75, 3.05) is 21.1 Å². The molecule has 3 aromatic rings. The summed E-state index contributed by atoms with van der Waals surface area (Å²) in [5.74, 6) is -0.252. The maximum absolute atomic E-state index is 12.6. The first kappa shape index (κ1) is 21.1. The first-order valence-electron chi connectivity index (χ1n) is 9.41. The number of amides is 1. The predicted octanol–water partition coefficient (Wildman–Crippen LogP) is 4.05. The number of nitrogens with one attached hydrogen (secondary N) is 1. The molecule has 0 aliphatic heterocycles. The molecule has 150 valence electrons. The van der Waals surface area contributed by atoms with Gasteiger partial charge in [0.1, 0.15) is 5.60 Å². The molecule has 0 radical (unpaired) electrons. The molecule has 4 nitrogen and oxygen atoms in total. The van der Waals surface area contributed by atoms with Gasteiger partial charge in [-0.25, -0.2) is 0 Å². The number of hydrogen-bond donors (Lipinski definition) is 2. The average Bonchev–Trinajstić information content (AvgIpc) is 2.73. The highest BCUT2D eigenvalue weighted by atomic mass is 35.5. The van der Waals surface area contributed by atoms with E-state index in [-0.39, 0.29) is 5.91 Å². The monoisotopic (exact) mass is 408 g/mol. The van der Waals surface area contributed by atoms with E-state index in [2.05, 4.69) is 5.32 Å². The maximum Gasteiger partial charge on any atom is 0.251 e. The predicted molar refractivity (Wildman–Crippen MR) is 117 cm³/mol. The second kappa shape index (κ2) is 8.78. The van der Waals surface area contributed by atoms with E-state index in [1.165, 1.54) is 0 Å². The fourth-order valence-corrected chi connectivity index (χ4v) is 3.76. The van der Waals surface area contributed by atoms with Crippen molar-refractivity contribution in [3.05, 3.63) is 106 Å². The van der Waals surface area contributed by atoms with Crippen LogP contribution in [-0.2, 0) is 12.1 Å². The van der Waals surface area contributed by atoms with E-state index in [1.807, 2.05) is 49.3 Å². The van der Waals surface area contributed by atoms with Crippen LogP contribution in [0.3, 0.4) is 0 Å². The summed E-state index contributed by atoms with van der Waals surface area (Å²) in [6.07, 6.45) is 0. The van der Waals surface area contributed by atoms with Gasteiger partial charge >= 0.3 is 0 Å². The van der Waals surface area contributed by atoms with Gasteiger partial charge in [0, 0.05) is 29.7 Å². The van der Waals surface area contributed by atoms with E-state index in [4.69, 9.17) is 11.6 Å². The van der Waals surface area contributed by atoms with Crippen LogP contribution in [0, 0.1) is 0 Å². The third kappa shape index (κ3) is 4.20. The number of aliphatic hydroxyl groups is 1. The Labute approximate surface area is 176 Å². The summed E-state index contributed by atoms with van der Waals surface area (Å²) in [4.78, 5) is 14.7. The van der Waals surface area contributed by atoms with Gasteiger partial charge in [-0.2, -0.15) is 0 Å². The summed E-state index contributed by atoms with van der Waals surface area (Å²) < 4.78 is 0. The lowest BCUT2D eigenvalue weighted by Gasteiger charge is -2.34. The molecule has 0 bridgehead atoms. The quantitative estimate of drug-likeness (QED) is 0.605. The van der Waals surface area contributed by atoms with E-state index in [0.29, 0.717) is 28.3 Å². The van der Waals surface area contributed by atoms with Gasteiger partial charge in [0.2, 0.25) is 0 Å². The molecule has 3 rings (SSSR count). The molecule has 29 heavy (non-hydrogen) atoms. The van der Waals surface area contributed by atoms with Gasteiger partial charge in [0.15, 0.2) is 0 Å². The van der Waals surface area contributed by atoms with Crippen molar-refractivity contribution in [1.82, 2.24) is 10.2 Å². The fourth-order valence-electron chi connectivity index (χ4n) is 3.63. The Morgan fingerprint density at radius 1 is 0.966 bits per heavy atom. The first-order chi connectivity index (χ1) is 13.9. The molecule has 5 heteroatoms. The van der Waals surface area contributed by atoms with Crippen molar-refractivity contribution in [3.8, 4) is 0 Å². The molecule has 0 aliphatic carbocycles. The fraction of sp³-hybridized carbons (Fsp3) is 0.208. The zero-order valence-corrected chi connectivity index (χ0v) is 17.6. The molecule has 3 aromatic carbocycles.